The van der Waals surface area contributed by atoms with Crippen LogP contribution < -0.4 is 0 Å². The van der Waals surface area contributed by atoms with E-state index < -0.39 is 5.92 Å². The van der Waals surface area contributed by atoms with Crippen LogP contribution in [-0.2, 0) is 9.59 Å². The summed E-state index contributed by atoms with van der Waals surface area (Å²) in [6, 6.07) is 0. The standard InChI is InChI=1S/C8H6O2S/c9-6-1-2-7-8(10)5(6)3-4-11-7/h1-5,7H. The van der Waals surface area contributed by atoms with Crippen LogP contribution in [0.3, 0.4) is 0 Å². The maximum Gasteiger partial charge on any atom is 0.169 e. The summed E-state index contributed by atoms with van der Waals surface area (Å²) in [5.74, 6) is -0.529. The predicted molar refractivity (Wildman–Crippen MR) is 43.2 cm³/mol. The SMILES string of the molecule is O=C1C=CC2SC=CC1C2=O. The molecule has 2 nitrogen and oxygen atoms in total. The Hall–Kier alpha value is -0.830. The molecule has 0 N–H and O–H groups in total. The topological polar surface area (TPSA) is 34.1 Å². The van der Waals surface area contributed by atoms with Crippen LogP contribution in [0.1, 0.15) is 0 Å². The number of Topliss-reactive ketones (excluding diaryl/α,β-unsaturated/α-hetero) is 1. The quantitative estimate of drug-likeness (QED) is 0.502. The van der Waals surface area contributed by atoms with E-state index in [-0.39, 0.29) is 16.8 Å². The minimum absolute atomic E-state index is 0.0324. The Balaban J connectivity index is 2.45. The number of hydrogen-bond donors (Lipinski definition) is 0. The normalized spacial score (nSPS) is 34.5. The van der Waals surface area contributed by atoms with Crippen LogP contribution in [-0.4, -0.2) is 16.8 Å². The molecule has 0 saturated heterocycles. The third-order valence-corrected chi connectivity index (χ3v) is 2.82. The van der Waals surface area contributed by atoms with Gasteiger partial charge in [0.2, 0.25) is 0 Å². The molecule has 1 heterocycles. The largest absolute Gasteiger partial charge is 0.297 e. The summed E-state index contributed by atoms with van der Waals surface area (Å²) in [5, 5.41) is 1.72. The molecule has 2 rings (SSSR count). The van der Waals surface area contributed by atoms with Crippen LogP contribution in [0.5, 0.6) is 0 Å². The Kier molecular flexibility index (Phi) is 1.46. The van der Waals surface area contributed by atoms with Gasteiger partial charge in [0, 0.05) is 0 Å². The molecule has 1 aliphatic heterocycles. The molecule has 2 aliphatic rings. The lowest BCUT2D eigenvalue weighted by molar-refractivity contribution is -0.128. The second-order valence-corrected chi connectivity index (χ2v) is 3.58. The Morgan fingerprint density at radius 1 is 1.27 bits per heavy atom. The van der Waals surface area contributed by atoms with Gasteiger partial charge in [0.05, 0.1) is 5.25 Å². The van der Waals surface area contributed by atoms with Gasteiger partial charge in [-0.1, -0.05) is 12.2 Å². The van der Waals surface area contributed by atoms with E-state index in [1.165, 1.54) is 17.8 Å². The molecule has 0 amide bonds. The molecule has 0 aromatic carbocycles. The van der Waals surface area contributed by atoms with Crippen molar-refractivity contribution >= 4 is 23.3 Å². The highest BCUT2D eigenvalue weighted by Gasteiger charge is 2.33. The van der Waals surface area contributed by atoms with Gasteiger partial charge in [0.15, 0.2) is 11.6 Å². The van der Waals surface area contributed by atoms with E-state index in [1.807, 2.05) is 5.41 Å². The summed E-state index contributed by atoms with van der Waals surface area (Å²) in [4.78, 5) is 22.3. The highest BCUT2D eigenvalue weighted by atomic mass is 32.2. The molecule has 1 aliphatic carbocycles. The number of allylic oxidation sites excluding steroid dienone is 2. The lowest BCUT2D eigenvalue weighted by atomic mass is 9.91. The molecule has 2 unspecified atom stereocenters. The molecule has 56 valence electrons. The monoisotopic (exact) mass is 166 g/mol. The zero-order chi connectivity index (χ0) is 7.84. The van der Waals surface area contributed by atoms with Crippen molar-refractivity contribution in [3.63, 3.8) is 0 Å². The third-order valence-electron chi connectivity index (χ3n) is 1.82. The van der Waals surface area contributed by atoms with Gasteiger partial charge < -0.3 is 0 Å². The number of rotatable bonds is 0. The first-order valence-electron chi connectivity index (χ1n) is 3.37. The van der Waals surface area contributed by atoms with Crippen LogP contribution >= 0.6 is 11.8 Å². The molecular formula is C8H6O2S. The van der Waals surface area contributed by atoms with Gasteiger partial charge in [-0.25, -0.2) is 0 Å². The summed E-state index contributed by atoms with van der Waals surface area (Å²) in [6.07, 6.45) is 4.86. The molecule has 2 bridgehead atoms. The fourth-order valence-corrected chi connectivity index (χ4v) is 2.08. The van der Waals surface area contributed by atoms with Crippen molar-refractivity contribution < 1.29 is 9.59 Å². The second kappa shape index (κ2) is 2.34. The Morgan fingerprint density at radius 3 is 2.82 bits per heavy atom. The zero-order valence-electron chi connectivity index (χ0n) is 5.69. The second-order valence-electron chi connectivity index (χ2n) is 2.53. The van der Waals surface area contributed by atoms with E-state index in [2.05, 4.69) is 0 Å². The number of carbonyl (C=O) groups excluding carboxylic acids is 2. The molecule has 0 radical (unpaired) electrons. The molecule has 3 heteroatoms. The van der Waals surface area contributed by atoms with Crippen LogP contribution in [0, 0.1) is 5.92 Å². The molecule has 0 spiro atoms. The van der Waals surface area contributed by atoms with Gasteiger partial charge in [0.25, 0.3) is 0 Å². The van der Waals surface area contributed by atoms with E-state index in [1.54, 1.807) is 12.2 Å². The van der Waals surface area contributed by atoms with Gasteiger partial charge in [-0.05, 0) is 11.5 Å². The van der Waals surface area contributed by atoms with E-state index in [9.17, 15) is 9.59 Å². The van der Waals surface area contributed by atoms with Crippen LogP contribution in [0.4, 0.5) is 0 Å². The average Bonchev–Trinajstić information content (AvgIpc) is 1.98. The average molecular weight is 166 g/mol. The van der Waals surface area contributed by atoms with E-state index in [0.29, 0.717) is 0 Å². The van der Waals surface area contributed by atoms with Crippen molar-refractivity contribution in [2.45, 2.75) is 5.25 Å². The lowest BCUT2D eigenvalue weighted by Crippen LogP contribution is -2.33. The number of thioether (sulfide) groups is 1. The summed E-state index contributed by atoms with van der Waals surface area (Å²) in [7, 11) is 0. The number of ketones is 2. The fraction of sp³-hybridized carbons (Fsp3) is 0.250. The van der Waals surface area contributed by atoms with Crippen molar-refractivity contribution in [1.29, 1.82) is 0 Å². The molecule has 0 aromatic heterocycles. The molecule has 0 fully saturated rings. The lowest BCUT2D eigenvalue weighted by Gasteiger charge is -2.22. The minimum atomic E-state index is -0.480. The molecule has 11 heavy (non-hydrogen) atoms. The Morgan fingerprint density at radius 2 is 2.09 bits per heavy atom. The first-order valence-corrected chi connectivity index (χ1v) is 4.31. The van der Waals surface area contributed by atoms with E-state index >= 15 is 0 Å². The van der Waals surface area contributed by atoms with Crippen molar-refractivity contribution in [2.75, 3.05) is 0 Å². The van der Waals surface area contributed by atoms with Crippen molar-refractivity contribution in [3.05, 3.63) is 23.6 Å². The van der Waals surface area contributed by atoms with Crippen molar-refractivity contribution in [3.8, 4) is 0 Å². The van der Waals surface area contributed by atoms with Crippen LogP contribution in [0.2, 0.25) is 0 Å². The van der Waals surface area contributed by atoms with Crippen LogP contribution in [0.15, 0.2) is 23.6 Å². The minimum Gasteiger partial charge on any atom is -0.297 e. The third kappa shape index (κ3) is 0.959. The smallest absolute Gasteiger partial charge is 0.169 e. The maximum atomic E-state index is 11.3. The van der Waals surface area contributed by atoms with Crippen molar-refractivity contribution in [1.82, 2.24) is 0 Å². The molecule has 0 aromatic rings. The summed E-state index contributed by atoms with van der Waals surface area (Å²) >= 11 is 1.46. The van der Waals surface area contributed by atoms with Crippen LogP contribution in [0.25, 0.3) is 0 Å². The predicted octanol–water partition coefficient (Wildman–Crippen LogP) is 0.940. The van der Waals surface area contributed by atoms with Gasteiger partial charge in [-0.3, -0.25) is 9.59 Å². The van der Waals surface area contributed by atoms with Gasteiger partial charge in [-0.15, -0.1) is 11.8 Å². The van der Waals surface area contributed by atoms with Crippen molar-refractivity contribution in [2.24, 2.45) is 5.92 Å². The zero-order valence-corrected chi connectivity index (χ0v) is 6.51. The van der Waals surface area contributed by atoms with Gasteiger partial charge >= 0.3 is 0 Å². The first-order chi connectivity index (χ1) is 5.29. The number of carbonyl (C=O) groups is 2. The number of hydrogen-bond acceptors (Lipinski definition) is 3. The van der Waals surface area contributed by atoms with Gasteiger partial charge in [0.1, 0.15) is 5.92 Å². The highest BCUT2D eigenvalue weighted by molar-refractivity contribution is 8.03. The summed E-state index contributed by atoms with van der Waals surface area (Å²) in [6.45, 7) is 0. The maximum absolute atomic E-state index is 11.3. The highest BCUT2D eigenvalue weighted by Crippen LogP contribution is 2.29. The molecular weight excluding hydrogens is 160 g/mol. The van der Waals surface area contributed by atoms with E-state index in [0.717, 1.165) is 0 Å². The Labute approximate surface area is 68.3 Å². The number of fused-ring (bicyclic) bond motifs is 2. The Bertz CT molecular complexity index is 278. The molecule has 2 atom stereocenters. The summed E-state index contributed by atoms with van der Waals surface area (Å²) < 4.78 is 0. The first kappa shape index (κ1) is 6.85. The molecule has 0 saturated carbocycles. The van der Waals surface area contributed by atoms with E-state index in [4.69, 9.17) is 0 Å². The summed E-state index contributed by atoms with van der Waals surface area (Å²) in [5.41, 5.74) is 0. The van der Waals surface area contributed by atoms with Gasteiger partial charge in [-0.2, -0.15) is 0 Å². The fourth-order valence-electron chi connectivity index (χ4n) is 1.21.